The Hall–Kier alpha value is -3.67. The lowest BCUT2D eigenvalue weighted by atomic mass is 10.1. The Morgan fingerprint density at radius 3 is 2.48 bits per heavy atom. The average Bonchev–Trinajstić information content (AvgIpc) is 3.37. The summed E-state index contributed by atoms with van der Waals surface area (Å²) in [6.45, 7) is 5.20. The van der Waals surface area contributed by atoms with Gasteiger partial charge in [-0.25, -0.2) is 4.98 Å². The summed E-state index contributed by atoms with van der Waals surface area (Å²) in [6.07, 6.45) is 5.32. The van der Waals surface area contributed by atoms with Crippen molar-refractivity contribution in [1.29, 1.82) is 0 Å². The highest BCUT2D eigenvalue weighted by Crippen LogP contribution is 2.15. The molecule has 0 saturated heterocycles. The minimum Gasteiger partial charge on any atom is -0.348 e. The van der Waals surface area contributed by atoms with E-state index in [0.717, 1.165) is 29.2 Å². The largest absolute Gasteiger partial charge is 0.348 e. The molecule has 0 fully saturated rings. The third-order valence-corrected chi connectivity index (χ3v) is 5.06. The molecule has 0 aliphatic carbocycles. The van der Waals surface area contributed by atoms with Crippen molar-refractivity contribution in [2.75, 3.05) is 0 Å². The number of aryl methyl sites for hydroxylation is 1. The molecule has 4 aromatic rings. The molecule has 6 nitrogen and oxygen atoms in total. The molecular weight excluding hydrogens is 362 g/mol. The average molecular weight is 385 g/mol. The molecule has 0 aliphatic rings. The summed E-state index contributed by atoms with van der Waals surface area (Å²) >= 11 is 0. The van der Waals surface area contributed by atoms with E-state index in [0.29, 0.717) is 12.1 Å². The smallest absolute Gasteiger partial charge is 0.251 e. The molecule has 2 aromatic carbocycles. The number of hydrogen-bond acceptors (Lipinski definition) is 3. The van der Waals surface area contributed by atoms with Crippen LogP contribution < -0.4 is 5.32 Å². The maximum Gasteiger partial charge on any atom is 0.251 e. The van der Waals surface area contributed by atoms with Crippen LogP contribution in [0.4, 0.5) is 0 Å². The Bertz CT molecular complexity index is 1100. The van der Waals surface area contributed by atoms with Crippen molar-refractivity contribution >= 4 is 5.91 Å². The van der Waals surface area contributed by atoms with Gasteiger partial charge in [0.1, 0.15) is 0 Å². The predicted molar refractivity (Wildman–Crippen MR) is 112 cm³/mol. The third-order valence-electron chi connectivity index (χ3n) is 5.06. The molecule has 0 bridgehead atoms. The molecule has 0 radical (unpaired) electrons. The molecule has 0 saturated carbocycles. The van der Waals surface area contributed by atoms with Crippen LogP contribution in [-0.2, 0) is 13.1 Å². The quantitative estimate of drug-likeness (QED) is 0.551. The first-order valence-corrected chi connectivity index (χ1v) is 9.55. The zero-order chi connectivity index (χ0) is 20.2. The van der Waals surface area contributed by atoms with Gasteiger partial charge in [-0.2, -0.15) is 5.10 Å². The van der Waals surface area contributed by atoms with Crippen molar-refractivity contribution in [3.8, 4) is 5.69 Å². The van der Waals surface area contributed by atoms with E-state index in [-0.39, 0.29) is 5.91 Å². The molecule has 146 valence electrons. The van der Waals surface area contributed by atoms with Gasteiger partial charge in [0.05, 0.1) is 18.6 Å². The fourth-order valence-electron chi connectivity index (χ4n) is 3.37. The van der Waals surface area contributed by atoms with Crippen molar-refractivity contribution in [2.45, 2.75) is 26.9 Å². The maximum atomic E-state index is 12.6. The van der Waals surface area contributed by atoms with E-state index in [4.69, 9.17) is 0 Å². The van der Waals surface area contributed by atoms with E-state index in [1.54, 1.807) is 12.5 Å². The first kappa shape index (κ1) is 18.7. The summed E-state index contributed by atoms with van der Waals surface area (Å²) in [5, 5.41) is 7.67. The number of benzene rings is 2. The number of rotatable bonds is 6. The van der Waals surface area contributed by atoms with E-state index in [1.807, 2.05) is 71.8 Å². The van der Waals surface area contributed by atoms with Crippen molar-refractivity contribution < 1.29 is 4.79 Å². The van der Waals surface area contributed by atoms with Crippen molar-refractivity contribution in [2.24, 2.45) is 0 Å². The molecule has 1 amide bonds. The molecule has 0 atom stereocenters. The molecule has 1 N–H and O–H groups in total. The topological polar surface area (TPSA) is 64.7 Å². The second-order valence-corrected chi connectivity index (χ2v) is 6.99. The summed E-state index contributed by atoms with van der Waals surface area (Å²) in [7, 11) is 0. The molecule has 0 spiro atoms. The number of aromatic nitrogens is 4. The minimum absolute atomic E-state index is 0.100. The second-order valence-electron chi connectivity index (χ2n) is 6.99. The summed E-state index contributed by atoms with van der Waals surface area (Å²) in [4.78, 5) is 16.6. The summed E-state index contributed by atoms with van der Waals surface area (Å²) < 4.78 is 3.89. The van der Waals surface area contributed by atoms with E-state index < -0.39 is 0 Å². The summed E-state index contributed by atoms with van der Waals surface area (Å²) in [5.41, 5.74) is 5.86. The Morgan fingerprint density at radius 2 is 1.79 bits per heavy atom. The monoisotopic (exact) mass is 385 g/mol. The van der Waals surface area contributed by atoms with E-state index in [1.165, 1.54) is 5.56 Å². The maximum absolute atomic E-state index is 12.6. The van der Waals surface area contributed by atoms with Crippen LogP contribution in [0.15, 0.2) is 73.3 Å². The van der Waals surface area contributed by atoms with Crippen LogP contribution >= 0.6 is 0 Å². The van der Waals surface area contributed by atoms with Gasteiger partial charge in [-0.1, -0.05) is 30.3 Å². The minimum atomic E-state index is -0.100. The number of imidazole rings is 1. The zero-order valence-electron chi connectivity index (χ0n) is 16.5. The third kappa shape index (κ3) is 4.11. The fraction of sp³-hybridized carbons (Fsp3) is 0.174. The van der Waals surface area contributed by atoms with Gasteiger partial charge in [-0.05, 0) is 43.7 Å². The standard InChI is InChI=1S/C23H23N5O/c1-17-22(18(2)28(26-17)15-19-6-4-3-5-7-19)14-25-23(29)20-8-10-21(11-9-20)27-13-12-24-16-27/h3-13,16H,14-15H2,1-2H3,(H,25,29). The first-order valence-electron chi connectivity index (χ1n) is 9.55. The van der Waals surface area contributed by atoms with Crippen LogP contribution in [0, 0.1) is 13.8 Å². The van der Waals surface area contributed by atoms with Crippen LogP contribution in [0.5, 0.6) is 0 Å². The van der Waals surface area contributed by atoms with Gasteiger partial charge in [0, 0.05) is 41.4 Å². The SMILES string of the molecule is Cc1nn(Cc2ccccc2)c(C)c1CNC(=O)c1ccc(-n2ccnc2)cc1. The highest BCUT2D eigenvalue weighted by atomic mass is 16.1. The van der Waals surface area contributed by atoms with Crippen molar-refractivity contribution in [1.82, 2.24) is 24.6 Å². The van der Waals surface area contributed by atoms with Gasteiger partial charge >= 0.3 is 0 Å². The lowest BCUT2D eigenvalue weighted by molar-refractivity contribution is 0.0951. The highest BCUT2D eigenvalue weighted by Gasteiger charge is 2.13. The van der Waals surface area contributed by atoms with Crippen LogP contribution in [-0.4, -0.2) is 25.2 Å². The van der Waals surface area contributed by atoms with Crippen molar-refractivity contribution in [3.05, 3.63) is 101 Å². The van der Waals surface area contributed by atoms with Crippen molar-refractivity contribution in [3.63, 3.8) is 0 Å². The highest BCUT2D eigenvalue weighted by molar-refractivity contribution is 5.94. The lowest BCUT2D eigenvalue weighted by Gasteiger charge is -2.08. The number of hydrogen-bond donors (Lipinski definition) is 1. The van der Waals surface area contributed by atoms with Gasteiger partial charge in [0.25, 0.3) is 5.91 Å². The van der Waals surface area contributed by atoms with E-state index in [9.17, 15) is 4.79 Å². The van der Waals surface area contributed by atoms with E-state index in [2.05, 4.69) is 27.5 Å². The Morgan fingerprint density at radius 1 is 1.03 bits per heavy atom. The van der Waals surface area contributed by atoms with Crippen LogP contribution in [0.2, 0.25) is 0 Å². The van der Waals surface area contributed by atoms with Gasteiger partial charge in [0.2, 0.25) is 0 Å². The summed E-state index contributed by atoms with van der Waals surface area (Å²) in [6, 6.07) is 17.7. The molecule has 0 unspecified atom stereocenters. The number of carbonyl (C=O) groups is 1. The molecule has 2 aromatic heterocycles. The molecule has 29 heavy (non-hydrogen) atoms. The first-order chi connectivity index (χ1) is 14.1. The normalized spacial score (nSPS) is 10.8. The Balaban J connectivity index is 1.43. The second kappa shape index (κ2) is 8.14. The molecule has 2 heterocycles. The zero-order valence-corrected chi connectivity index (χ0v) is 16.5. The van der Waals surface area contributed by atoms with Gasteiger partial charge in [-0.15, -0.1) is 0 Å². The van der Waals surface area contributed by atoms with Gasteiger partial charge in [0.15, 0.2) is 0 Å². The van der Waals surface area contributed by atoms with Crippen LogP contribution in [0.25, 0.3) is 5.69 Å². The molecule has 4 rings (SSSR count). The van der Waals surface area contributed by atoms with Crippen LogP contribution in [0.3, 0.4) is 0 Å². The Kier molecular flexibility index (Phi) is 5.24. The lowest BCUT2D eigenvalue weighted by Crippen LogP contribution is -2.23. The number of amides is 1. The van der Waals surface area contributed by atoms with E-state index >= 15 is 0 Å². The number of nitrogens with one attached hydrogen (secondary N) is 1. The summed E-state index contributed by atoms with van der Waals surface area (Å²) in [5.74, 6) is -0.100. The predicted octanol–water partition coefficient (Wildman–Crippen LogP) is 3.66. The molecule has 6 heteroatoms. The van der Waals surface area contributed by atoms with Crippen LogP contribution in [0.1, 0.15) is 32.9 Å². The Labute approximate surface area is 169 Å². The molecule has 0 aliphatic heterocycles. The number of carbonyl (C=O) groups excluding carboxylic acids is 1. The van der Waals surface area contributed by atoms with Gasteiger partial charge in [-0.3, -0.25) is 9.48 Å². The molecular formula is C23H23N5O. The number of nitrogens with zero attached hydrogens (tertiary/aromatic N) is 4. The fourth-order valence-corrected chi connectivity index (χ4v) is 3.37. The van der Waals surface area contributed by atoms with Gasteiger partial charge < -0.3 is 9.88 Å².